The number of hydrogen-bond acceptors (Lipinski definition) is 1. The molecular formula is C21H33IO2. The molecule has 0 amide bonds. The molecule has 0 spiro atoms. The maximum Gasteiger partial charge on any atom is 0.303 e. The molecule has 136 valence electrons. The molecule has 0 aliphatic rings. The largest absolute Gasteiger partial charge is 0.481 e. The first kappa shape index (κ1) is 21.5. The predicted molar refractivity (Wildman–Crippen MR) is 111 cm³/mol. The van der Waals surface area contributed by atoms with Gasteiger partial charge in [0.2, 0.25) is 0 Å². The Bertz CT molecular complexity index is 428. The van der Waals surface area contributed by atoms with Crippen LogP contribution in [0.25, 0.3) is 0 Å². The third-order valence-electron chi connectivity index (χ3n) is 4.52. The van der Waals surface area contributed by atoms with Gasteiger partial charge < -0.3 is 5.11 Å². The quantitative estimate of drug-likeness (QED) is 0.236. The fourth-order valence-electron chi connectivity index (χ4n) is 3.02. The van der Waals surface area contributed by atoms with Crippen LogP contribution in [-0.2, 0) is 11.2 Å². The molecule has 3 heteroatoms. The number of hydrogen-bond donors (Lipinski definition) is 1. The lowest BCUT2D eigenvalue weighted by atomic mass is 10.0. The fourth-order valence-corrected chi connectivity index (χ4v) is 3.38. The number of unbranched alkanes of at least 4 members (excludes halogenated alkanes) is 11. The van der Waals surface area contributed by atoms with Crippen molar-refractivity contribution in [1.29, 1.82) is 0 Å². The summed E-state index contributed by atoms with van der Waals surface area (Å²) in [5.41, 5.74) is 1.47. The highest BCUT2D eigenvalue weighted by molar-refractivity contribution is 14.1. The van der Waals surface area contributed by atoms with E-state index in [1.807, 2.05) is 0 Å². The van der Waals surface area contributed by atoms with Crippen molar-refractivity contribution in [2.75, 3.05) is 0 Å². The lowest BCUT2D eigenvalue weighted by Gasteiger charge is -2.04. The number of halogens is 1. The molecule has 1 aromatic carbocycles. The summed E-state index contributed by atoms with van der Waals surface area (Å²) < 4.78 is 1.32. The zero-order chi connectivity index (χ0) is 17.5. The second-order valence-electron chi connectivity index (χ2n) is 6.76. The van der Waals surface area contributed by atoms with Crippen LogP contribution in [0.4, 0.5) is 0 Å². The molecule has 1 rings (SSSR count). The maximum absolute atomic E-state index is 10.4. The monoisotopic (exact) mass is 440 g/mol. The van der Waals surface area contributed by atoms with Crippen LogP contribution in [0, 0.1) is 3.57 Å². The molecule has 0 aliphatic carbocycles. The van der Waals surface area contributed by atoms with E-state index < -0.39 is 5.97 Å². The number of aryl methyl sites for hydroxylation is 1. The summed E-state index contributed by atoms with van der Waals surface area (Å²) in [7, 11) is 0. The smallest absolute Gasteiger partial charge is 0.303 e. The highest BCUT2D eigenvalue weighted by Crippen LogP contribution is 2.14. The van der Waals surface area contributed by atoms with E-state index in [2.05, 4.69) is 46.9 Å². The molecule has 0 unspecified atom stereocenters. The van der Waals surface area contributed by atoms with E-state index in [4.69, 9.17) is 5.11 Å². The van der Waals surface area contributed by atoms with E-state index in [0.717, 1.165) is 12.8 Å². The molecular weight excluding hydrogens is 407 g/mol. The Morgan fingerprint density at radius 3 is 1.58 bits per heavy atom. The van der Waals surface area contributed by atoms with Crippen LogP contribution >= 0.6 is 22.6 Å². The highest BCUT2D eigenvalue weighted by Gasteiger charge is 1.97. The van der Waals surface area contributed by atoms with Gasteiger partial charge in [-0.15, -0.1) is 0 Å². The second kappa shape index (κ2) is 14.7. The lowest BCUT2D eigenvalue weighted by Crippen LogP contribution is -1.93. The highest BCUT2D eigenvalue weighted by atomic mass is 123. The lowest BCUT2D eigenvalue weighted by molar-refractivity contribution is -0.137. The molecule has 0 heterocycles. The number of carboxylic acids is 1. The number of rotatable bonds is 15. The second-order valence-corrected chi connectivity index (χ2v) is 8.01. The van der Waals surface area contributed by atoms with Crippen molar-refractivity contribution in [3.05, 3.63) is 33.4 Å². The van der Waals surface area contributed by atoms with Crippen LogP contribution in [0.3, 0.4) is 0 Å². The Hall–Kier alpha value is -0.580. The predicted octanol–water partition coefficient (Wildman–Crippen LogP) is 6.99. The Morgan fingerprint density at radius 1 is 0.708 bits per heavy atom. The van der Waals surface area contributed by atoms with E-state index in [0.29, 0.717) is 6.42 Å². The van der Waals surface area contributed by atoms with Crippen LogP contribution in [0.2, 0.25) is 0 Å². The number of benzene rings is 1. The van der Waals surface area contributed by atoms with E-state index >= 15 is 0 Å². The number of aliphatic carboxylic acids is 1. The van der Waals surface area contributed by atoms with E-state index in [9.17, 15) is 4.79 Å². The molecule has 0 saturated heterocycles. The van der Waals surface area contributed by atoms with Gasteiger partial charge in [0.1, 0.15) is 0 Å². The summed E-state index contributed by atoms with van der Waals surface area (Å²) in [6.07, 6.45) is 16.8. The first-order chi connectivity index (χ1) is 11.7. The normalized spacial score (nSPS) is 10.9. The maximum atomic E-state index is 10.4. The molecule has 24 heavy (non-hydrogen) atoms. The van der Waals surface area contributed by atoms with Crippen molar-refractivity contribution in [3.63, 3.8) is 0 Å². The first-order valence-corrected chi connectivity index (χ1v) is 10.7. The SMILES string of the molecule is O=C(O)CCCCCCCCCCCCCCc1ccc([123I])cc1. The van der Waals surface area contributed by atoms with Gasteiger partial charge in [0, 0.05) is 9.99 Å². The van der Waals surface area contributed by atoms with E-state index in [1.165, 1.54) is 79.8 Å². The Kier molecular flexibility index (Phi) is 13.2. The summed E-state index contributed by atoms with van der Waals surface area (Å²) in [6.45, 7) is 0. The zero-order valence-electron chi connectivity index (χ0n) is 14.9. The number of carboxylic acid groups (broad SMARTS) is 1. The van der Waals surface area contributed by atoms with Gasteiger partial charge in [-0.2, -0.15) is 0 Å². The van der Waals surface area contributed by atoms with Crippen LogP contribution in [0.15, 0.2) is 24.3 Å². The molecule has 0 saturated carbocycles. The molecule has 0 atom stereocenters. The average Bonchev–Trinajstić information content (AvgIpc) is 2.56. The van der Waals surface area contributed by atoms with Gasteiger partial charge in [-0.25, -0.2) is 0 Å². The van der Waals surface area contributed by atoms with Crippen LogP contribution in [0.5, 0.6) is 0 Å². The summed E-state index contributed by atoms with van der Waals surface area (Å²) in [6, 6.07) is 8.90. The molecule has 0 aliphatic heterocycles. The summed E-state index contributed by atoms with van der Waals surface area (Å²) in [5, 5.41) is 8.56. The Labute approximate surface area is 161 Å². The standard InChI is InChI=1S/C21H33IO2/c22-20-17-15-19(16-18-20)13-11-9-7-5-3-1-2-4-6-8-10-12-14-21(23)24/h15-18H,1-14H2,(H,23,24)/i22-4. The third-order valence-corrected chi connectivity index (χ3v) is 5.24. The van der Waals surface area contributed by atoms with Gasteiger partial charge in [0.15, 0.2) is 0 Å². The van der Waals surface area contributed by atoms with Crippen molar-refractivity contribution < 1.29 is 9.90 Å². The minimum absolute atomic E-state index is 0.337. The van der Waals surface area contributed by atoms with Crippen molar-refractivity contribution in [1.82, 2.24) is 0 Å². The van der Waals surface area contributed by atoms with Crippen molar-refractivity contribution in [2.45, 2.75) is 89.9 Å². The summed E-state index contributed by atoms with van der Waals surface area (Å²) in [5.74, 6) is -0.659. The molecule has 1 aromatic rings. The topological polar surface area (TPSA) is 37.3 Å². The van der Waals surface area contributed by atoms with Gasteiger partial charge in [-0.05, 0) is 59.5 Å². The van der Waals surface area contributed by atoms with Gasteiger partial charge in [-0.3, -0.25) is 4.79 Å². The molecule has 2 nitrogen and oxygen atoms in total. The minimum atomic E-state index is -0.659. The molecule has 1 N–H and O–H groups in total. The van der Waals surface area contributed by atoms with E-state index in [1.54, 1.807) is 0 Å². The van der Waals surface area contributed by atoms with Gasteiger partial charge >= 0.3 is 5.97 Å². The zero-order valence-corrected chi connectivity index (χ0v) is 17.1. The van der Waals surface area contributed by atoms with Crippen molar-refractivity contribution >= 4 is 28.6 Å². The van der Waals surface area contributed by atoms with Crippen LogP contribution < -0.4 is 0 Å². The minimum Gasteiger partial charge on any atom is -0.481 e. The Balaban J connectivity index is 1.77. The average molecular weight is 440 g/mol. The number of carbonyl (C=O) groups is 1. The molecule has 0 fully saturated rings. The molecule has 0 bridgehead atoms. The first-order valence-electron chi connectivity index (χ1n) is 9.65. The fraction of sp³-hybridized carbons (Fsp3) is 0.667. The van der Waals surface area contributed by atoms with Gasteiger partial charge in [0.25, 0.3) is 0 Å². The van der Waals surface area contributed by atoms with Crippen LogP contribution in [0.1, 0.15) is 89.0 Å². The Morgan fingerprint density at radius 2 is 1.12 bits per heavy atom. The molecule has 0 radical (unpaired) electrons. The molecule has 0 aromatic heterocycles. The summed E-state index contributed by atoms with van der Waals surface area (Å²) in [4.78, 5) is 10.4. The van der Waals surface area contributed by atoms with Crippen molar-refractivity contribution in [3.8, 4) is 0 Å². The third kappa shape index (κ3) is 12.8. The summed E-state index contributed by atoms with van der Waals surface area (Å²) >= 11 is 2.36. The van der Waals surface area contributed by atoms with Crippen LogP contribution in [-0.4, -0.2) is 11.1 Å². The van der Waals surface area contributed by atoms with Gasteiger partial charge in [-0.1, -0.05) is 76.3 Å². The van der Waals surface area contributed by atoms with E-state index in [-0.39, 0.29) is 0 Å². The van der Waals surface area contributed by atoms with Crippen molar-refractivity contribution in [2.24, 2.45) is 0 Å². The van der Waals surface area contributed by atoms with Gasteiger partial charge in [0.05, 0.1) is 0 Å².